The van der Waals surface area contributed by atoms with Gasteiger partial charge in [-0.3, -0.25) is 14.5 Å². The first kappa shape index (κ1) is 20.2. The van der Waals surface area contributed by atoms with E-state index < -0.39 is 12.0 Å². The highest BCUT2D eigenvalue weighted by atomic mass is 16.4. The molecule has 0 saturated carbocycles. The van der Waals surface area contributed by atoms with Crippen LogP contribution in [0.2, 0.25) is 0 Å². The number of amides is 1. The number of rotatable bonds is 9. The number of aliphatic carboxylic acids is 1. The van der Waals surface area contributed by atoms with E-state index in [-0.39, 0.29) is 18.9 Å². The summed E-state index contributed by atoms with van der Waals surface area (Å²) in [6.07, 6.45) is 3.03. The summed E-state index contributed by atoms with van der Waals surface area (Å²) in [6, 6.07) is 6.59. The molecule has 7 nitrogen and oxygen atoms in total. The maximum absolute atomic E-state index is 12.3. The first-order valence-corrected chi connectivity index (χ1v) is 9.27. The van der Waals surface area contributed by atoms with Gasteiger partial charge in [0.1, 0.15) is 6.04 Å². The lowest BCUT2D eigenvalue weighted by molar-refractivity contribution is -0.145. The van der Waals surface area contributed by atoms with E-state index in [0.29, 0.717) is 12.2 Å². The second-order valence-electron chi connectivity index (χ2n) is 6.55. The Labute approximate surface area is 154 Å². The number of likely N-dealkylation sites (N-methyl/N-ethyl adjacent to an activating group) is 1. The van der Waals surface area contributed by atoms with Crippen molar-refractivity contribution in [1.82, 2.24) is 4.90 Å². The third kappa shape index (κ3) is 5.71. The lowest BCUT2D eigenvalue weighted by Crippen LogP contribution is -2.45. The lowest BCUT2D eigenvalue weighted by Gasteiger charge is -2.31. The van der Waals surface area contributed by atoms with Crippen LogP contribution in [0.25, 0.3) is 0 Å². The maximum atomic E-state index is 12.3. The van der Waals surface area contributed by atoms with Gasteiger partial charge in [0.15, 0.2) is 0 Å². The number of piperidine rings is 1. The standard InChI is InChI=1S/C19H29N3O4/c1-2-21(12-13-23)16-8-6-15(7-9-16)20-18(24)14-17(19(25)26)22-10-4-3-5-11-22/h6-9,17,23H,2-5,10-14H2,1H3,(H,20,24)(H,25,26). The molecule has 1 amide bonds. The Morgan fingerprint density at radius 3 is 2.38 bits per heavy atom. The van der Waals surface area contributed by atoms with Gasteiger partial charge in [0.05, 0.1) is 13.0 Å². The SMILES string of the molecule is CCN(CCO)c1ccc(NC(=O)CC(C(=O)O)N2CCCCC2)cc1. The summed E-state index contributed by atoms with van der Waals surface area (Å²) in [5.41, 5.74) is 1.61. The van der Waals surface area contributed by atoms with Crippen molar-refractivity contribution in [3.63, 3.8) is 0 Å². The van der Waals surface area contributed by atoms with Gasteiger partial charge in [0.25, 0.3) is 0 Å². The van der Waals surface area contributed by atoms with Gasteiger partial charge in [-0.15, -0.1) is 0 Å². The van der Waals surface area contributed by atoms with Crippen molar-refractivity contribution in [2.75, 3.05) is 43.0 Å². The Morgan fingerprint density at radius 2 is 1.85 bits per heavy atom. The third-order valence-corrected chi connectivity index (χ3v) is 4.76. The maximum Gasteiger partial charge on any atom is 0.321 e. The minimum absolute atomic E-state index is 0.0529. The summed E-state index contributed by atoms with van der Waals surface area (Å²) in [7, 11) is 0. The van der Waals surface area contributed by atoms with Gasteiger partial charge in [-0.1, -0.05) is 6.42 Å². The summed E-state index contributed by atoms with van der Waals surface area (Å²) < 4.78 is 0. The lowest BCUT2D eigenvalue weighted by atomic mass is 10.1. The van der Waals surface area contributed by atoms with Gasteiger partial charge in [0.2, 0.25) is 5.91 Å². The number of aliphatic hydroxyl groups is 1. The van der Waals surface area contributed by atoms with Crippen molar-refractivity contribution in [2.45, 2.75) is 38.6 Å². The van der Waals surface area contributed by atoms with Crippen molar-refractivity contribution in [2.24, 2.45) is 0 Å². The molecule has 2 rings (SSSR count). The number of aliphatic hydroxyl groups excluding tert-OH is 1. The molecule has 1 aliphatic rings. The number of nitrogens with zero attached hydrogens (tertiary/aromatic N) is 2. The van der Waals surface area contributed by atoms with Crippen LogP contribution in [0.3, 0.4) is 0 Å². The quantitative estimate of drug-likeness (QED) is 0.619. The van der Waals surface area contributed by atoms with Crippen molar-refractivity contribution in [1.29, 1.82) is 0 Å². The molecule has 1 unspecified atom stereocenters. The van der Waals surface area contributed by atoms with E-state index in [9.17, 15) is 14.7 Å². The molecule has 0 aromatic heterocycles. The van der Waals surface area contributed by atoms with Crippen LogP contribution in [0.15, 0.2) is 24.3 Å². The van der Waals surface area contributed by atoms with Gasteiger partial charge in [-0.05, 0) is 57.1 Å². The largest absolute Gasteiger partial charge is 0.480 e. The van der Waals surface area contributed by atoms with Crippen LogP contribution >= 0.6 is 0 Å². The molecular formula is C19H29N3O4. The van der Waals surface area contributed by atoms with E-state index in [0.717, 1.165) is 44.6 Å². The molecular weight excluding hydrogens is 334 g/mol. The zero-order valence-electron chi connectivity index (χ0n) is 15.4. The molecule has 0 radical (unpaired) electrons. The average molecular weight is 363 g/mol. The third-order valence-electron chi connectivity index (χ3n) is 4.76. The molecule has 1 aromatic carbocycles. The Kier molecular flexibility index (Phi) is 7.87. The van der Waals surface area contributed by atoms with E-state index in [1.54, 1.807) is 12.1 Å². The van der Waals surface area contributed by atoms with Crippen LogP contribution in [0.1, 0.15) is 32.6 Å². The van der Waals surface area contributed by atoms with Crippen molar-refractivity contribution in [3.8, 4) is 0 Å². The fraction of sp³-hybridized carbons (Fsp3) is 0.579. The highest BCUT2D eigenvalue weighted by Crippen LogP contribution is 2.19. The number of likely N-dealkylation sites (tertiary alicyclic amines) is 1. The first-order chi connectivity index (χ1) is 12.5. The number of carboxylic acid groups (broad SMARTS) is 1. The predicted molar refractivity (Wildman–Crippen MR) is 102 cm³/mol. The molecule has 1 fully saturated rings. The van der Waals surface area contributed by atoms with Crippen LogP contribution in [0, 0.1) is 0 Å². The van der Waals surface area contributed by atoms with Gasteiger partial charge in [-0.2, -0.15) is 0 Å². The second-order valence-corrected chi connectivity index (χ2v) is 6.55. The summed E-state index contributed by atoms with van der Waals surface area (Å²) in [5, 5.41) is 21.3. The number of nitrogens with one attached hydrogen (secondary N) is 1. The summed E-state index contributed by atoms with van der Waals surface area (Å²) >= 11 is 0. The number of benzene rings is 1. The molecule has 0 spiro atoms. The Hall–Kier alpha value is -2.12. The molecule has 1 aliphatic heterocycles. The minimum atomic E-state index is -0.944. The van der Waals surface area contributed by atoms with Gasteiger partial charge < -0.3 is 20.4 Å². The number of hydrogen-bond acceptors (Lipinski definition) is 5. The predicted octanol–water partition coefficient (Wildman–Crippen LogP) is 1.77. The zero-order chi connectivity index (χ0) is 18.9. The summed E-state index contributed by atoms with van der Waals surface area (Å²) in [5.74, 6) is -1.24. The number of carbonyl (C=O) groups excluding carboxylic acids is 1. The van der Waals surface area contributed by atoms with Crippen LogP contribution in [0.5, 0.6) is 0 Å². The normalized spacial score (nSPS) is 16.1. The van der Waals surface area contributed by atoms with E-state index in [1.807, 2.05) is 28.9 Å². The molecule has 0 bridgehead atoms. The Bertz CT molecular complexity index is 585. The fourth-order valence-corrected chi connectivity index (χ4v) is 3.34. The summed E-state index contributed by atoms with van der Waals surface area (Å²) in [4.78, 5) is 27.8. The zero-order valence-corrected chi connectivity index (χ0v) is 15.4. The van der Waals surface area contributed by atoms with Crippen LogP contribution in [-0.4, -0.2) is 65.8 Å². The minimum Gasteiger partial charge on any atom is -0.480 e. The molecule has 7 heteroatoms. The topological polar surface area (TPSA) is 93.1 Å². The Morgan fingerprint density at radius 1 is 1.19 bits per heavy atom. The van der Waals surface area contributed by atoms with Gasteiger partial charge in [0, 0.05) is 24.5 Å². The molecule has 3 N–H and O–H groups in total. The van der Waals surface area contributed by atoms with Gasteiger partial charge in [-0.25, -0.2) is 0 Å². The average Bonchev–Trinajstić information content (AvgIpc) is 2.65. The summed E-state index contributed by atoms with van der Waals surface area (Å²) in [6.45, 7) is 4.89. The fourth-order valence-electron chi connectivity index (χ4n) is 3.34. The van der Waals surface area contributed by atoms with Gasteiger partial charge >= 0.3 is 5.97 Å². The van der Waals surface area contributed by atoms with Crippen LogP contribution < -0.4 is 10.2 Å². The molecule has 0 aliphatic carbocycles. The monoisotopic (exact) mass is 363 g/mol. The second kappa shape index (κ2) is 10.1. The van der Waals surface area contributed by atoms with Crippen molar-refractivity contribution in [3.05, 3.63) is 24.3 Å². The molecule has 1 saturated heterocycles. The van der Waals surface area contributed by atoms with Crippen LogP contribution in [-0.2, 0) is 9.59 Å². The smallest absolute Gasteiger partial charge is 0.321 e. The molecule has 144 valence electrons. The number of carbonyl (C=O) groups is 2. The van der Waals surface area contributed by atoms with Crippen molar-refractivity contribution < 1.29 is 19.8 Å². The van der Waals surface area contributed by atoms with Crippen molar-refractivity contribution >= 4 is 23.3 Å². The van der Waals surface area contributed by atoms with Crippen LogP contribution in [0.4, 0.5) is 11.4 Å². The highest BCUT2D eigenvalue weighted by molar-refractivity contribution is 5.94. The number of anilines is 2. The van der Waals surface area contributed by atoms with E-state index in [4.69, 9.17) is 5.11 Å². The molecule has 1 aromatic rings. The van der Waals surface area contributed by atoms with E-state index in [2.05, 4.69) is 5.32 Å². The molecule has 1 heterocycles. The number of carboxylic acids is 1. The highest BCUT2D eigenvalue weighted by Gasteiger charge is 2.29. The van der Waals surface area contributed by atoms with E-state index >= 15 is 0 Å². The number of hydrogen-bond donors (Lipinski definition) is 3. The molecule has 1 atom stereocenters. The molecule has 26 heavy (non-hydrogen) atoms. The first-order valence-electron chi connectivity index (χ1n) is 9.27. The van der Waals surface area contributed by atoms with E-state index in [1.165, 1.54) is 0 Å². The Balaban J connectivity index is 1.94.